The van der Waals surface area contributed by atoms with Crippen LogP contribution >= 0.6 is 0 Å². The Balaban J connectivity index is 1.28. The molecule has 11 nitrogen and oxygen atoms in total. The summed E-state index contributed by atoms with van der Waals surface area (Å²) >= 11 is 0. The number of esters is 1. The second-order valence-corrected chi connectivity index (χ2v) is 9.11. The number of carbonyl (C=O) groups excluding carboxylic acids is 1. The first-order valence-electron chi connectivity index (χ1n) is 11.4. The zero-order chi connectivity index (χ0) is 24.7. The van der Waals surface area contributed by atoms with Gasteiger partial charge in [-0.2, -0.15) is 0 Å². The first-order chi connectivity index (χ1) is 16.9. The van der Waals surface area contributed by atoms with Gasteiger partial charge in [0.2, 0.25) is 6.29 Å². The molecule has 1 saturated carbocycles. The second kappa shape index (κ2) is 9.60. The first kappa shape index (κ1) is 24.3. The van der Waals surface area contributed by atoms with Crippen molar-refractivity contribution in [3.8, 4) is 0 Å². The summed E-state index contributed by atoms with van der Waals surface area (Å²) in [6.45, 7) is -0.776. The number of benzene rings is 1. The number of hydrogen-bond donors (Lipinski definition) is 5. The van der Waals surface area contributed by atoms with Gasteiger partial charge >= 0.3 is 5.97 Å². The molecule has 4 aliphatic rings. The van der Waals surface area contributed by atoms with Gasteiger partial charge in [-0.05, 0) is 17.7 Å². The number of hydrogen-bond acceptors (Lipinski definition) is 11. The van der Waals surface area contributed by atoms with Crippen LogP contribution in [0.5, 0.6) is 0 Å². The minimum atomic E-state index is -1.63. The Labute approximate surface area is 200 Å². The summed E-state index contributed by atoms with van der Waals surface area (Å²) in [6, 6.07) is 9.24. The largest absolute Gasteiger partial charge is 0.472 e. The molecule has 2 unspecified atom stereocenters. The molecule has 3 fully saturated rings. The maximum Gasteiger partial charge on any atom is 0.330 e. The van der Waals surface area contributed by atoms with E-state index in [0.717, 1.165) is 5.56 Å². The Hall–Kier alpha value is -2.35. The molecule has 11 heteroatoms. The molecule has 3 heterocycles. The van der Waals surface area contributed by atoms with Gasteiger partial charge in [0.25, 0.3) is 0 Å². The standard InChI is InChI=1S/C24H28O11/c25-10-14-18(28)19(29)20(30)23(33-14)34-22-16-13(8-9-31-22)17(27)21-24(16,35-21)11-32-15(26)7-6-12-4-2-1-3-5-12/h1-9,13-14,16-23,25,27-30H,10-11H2/b7-6+/t13?,14-,16?,17+,18-,19+,20-,21+,22+,23+,24-/m1/s1. The molecule has 5 rings (SSSR count). The van der Waals surface area contributed by atoms with Crippen molar-refractivity contribution in [3.05, 3.63) is 54.3 Å². The fourth-order valence-electron chi connectivity index (χ4n) is 5.11. The van der Waals surface area contributed by atoms with E-state index in [4.69, 9.17) is 23.7 Å². The minimum Gasteiger partial charge on any atom is -0.472 e. The van der Waals surface area contributed by atoms with Crippen molar-refractivity contribution in [2.24, 2.45) is 11.8 Å². The van der Waals surface area contributed by atoms with E-state index >= 15 is 0 Å². The highest BCUT2D eigenvalue weighted by Crippen LogP contribution is 2.60. The lowest BCUT2D eigenvalue weighted by Gasteiger charge is -2.43. The van der Waals surface area contributed by atoms with E-state index < -0.39 is 79.2 Å². The van der Waals surface area contributed by atoms with Crippen LogP contribution in [0.15, 0.2) is 48.7 Å². The average molecular weight is 492 g/mol. The molecule has 2 saturated heterocycles. The molecule has 11 atom stereocenters. The van der Waals surface area contributed by atoms with Gasteiger partial charge in [0.05, 0.1) is 24.9 Å². The predicted octanol–water partition coefficient (Wildman–Crippen LogP) is -1.33. The maximum absolute atomic E-state index is 12.3. The Bertz CT molecular complexity index is 965. The van der Waals surface area contributed by atoms with Gasteiger partial charge in [0, 0.05) is 12.0 Å². The molecule has 0 spiro atoms. The molecule has 0 bridgehead atoms. The minimum absolute atomic E-state index is 0.167. The summed E-state index contributed by atoms with van der Waals surface area (Å²) < 4.78 is 28.1. The Morgan fingerprint density at radius 1 is 1.03 bits per heavy atom. The van der Waals surface area contributed by atoms with E-state index in [9.17, 15) is 30.3 Å². The quantitative estimate of drug-likeness (QED) is 0.174. The third kappa shape index (κ3) is 4.39. The fourth-order valence-corrected chi connectivity index (χ4v) is 5.11. The number of aliphatic hydroxyl groups is 5. The second-order valence-electron chi connectivity index (χ2n) is 9.11. The molecular weight excluding hydrogens is 464 g/mol. The zero-order valence-electron chi connectivity index (χ0n) is 18.6. The van der Waals surface area contributed by atoms with Crippen LogP contribution in [-0.2, 0) is 28.5 Å². The number of fused-ring (bicyclic) bond motifs is 3. The molecule has 0 amide bonds. The van der Waals surface area contributed by atoms with Crippen molar-refractivity contribution in [3.63, 3.8) is 0 Å². The van der Waals surface area contributed by atoms with E-state index in [2.05, 4.69) is 0 Å². The van der Waals surface area contributed by atoms with Crippen LogP contribution in [0.2, 0.25) is 0 Å². The van der Waals surface area contributed by atoms with Crippen LogP contribution in [0.3, 0.4) is 0 Å². The summed E-state index contributed by atoms with van der Waals surface area (Å²) in [4.78, 5) is 12.3. The molecule has 5 N–H and O–H groups in total. The summed E-state index contributed by atoms with van der Waals surface area (Å²) in [6.07, 6.45) is -4.06. The van der Waals surface area contributed by atoms with Crippen LogP contribution in [0.1, 0.15) is 5.56 Å². The Morgan fingerprint density at radius 2 is 1.80 bits per heavy atom. The smallest absolute Gasteiger partial charge is 0.330 e. The Kier molecular flexibility index (Phi) is 6.68. The average Bonchev–Trinajstić information content (AvgIpc) is 3.56. The summed E-state index contributed by atoms with van der Waals surface area (Å²) in [5, 5.41) is 50.5. The lowest BCUT2D eigenvalue weighted by atomic mass is 9.85. The van der Waals surface area contributed by atoms with E-state index in [0.29, 0.717) is 0 Å². The monoisotopic (exact) mass is 492 g/mol. The number of carbonyl (C=O) groups is 1. The van der Waals surface area contributed by atoms with Crippen LogP contribution < -0.4 is 0 Å². The summed E-state index contributed by atoms with van der Waals surface area (Å²) in [7, 11) is 0. The molecule has 35 heavy (non-hydrogen) atoms. The molecule has 1 aliphatic carbocycles. The van der Waals surface area contributed by atoms with Crippen molar-refractivity contribution in [1.82, 2.24) is 0 Å². The van der Waals surface area contributed by atoms with Gasteiger partial charge < -0.3 is 49.2 Å². The van der Waals surface area contributed by atoms with Crippen molar-refractivity contribution in [1.29, 1.82) is 0 Å². The van der Waals surface area contributed by atoms with E-state index in [-0.39, 0.29) is 6.61 Å². The molecule has 0 aromatic heterocycles. The lowest BCUT2D eigenvalue weighted by molar-refractivity contribution is -0.344. The van der Waals surface area contributed by atoms with Gasteiger partial charge in [0.15, 0.2) is 6.29 Å². The predicted molar refractivity (Wildman–Crippen MR) is 116 cm³/mol. The number of epoxide rings is 1. The zero-order valence-corrected chi connectivity index (χ0v) is 18.6. The molecule has 0 radical (unpaired) electrons. The Morgan fingerprint density at radius 3 is 2.54 bits per heavy atom. The van der Waals surface area contributed by atoms with Gasteiger partial charge in [-0.1, -0.05) is 30.3 Å². The number of rotatable bonds is 7. The van der Waals surface area contributed by atoms with Crippen LogP contribution in [-0.4, -0.2) is 99.5 Å². The van der Waals surface area contributed by atoms with E-state index in [1.54, 1.807) is 12.2 Å². The van der Waals surface area contributed by atoms with Crippen LogP contribution in [0.4, 0.5) is 0 Å². The first-order valence-corrected chi connectivity index (χ1v) is 11.4. The molecule has 190 valence electrons. The fraction of sp³-hybridized carbons (Fsp3) is 0.542. The third-order valence-corrected chi connectivity index (χ3v) is 7.03. The highest BCUT2D eigenvalue weighted by atomic mass is 16.8. The van der Waals surface area contributed by atoms with Crippen molar-refractivity contribution in [2.75, 3.05) is 13.2 Å². The van der Waals surface area contributed by atoms with E-state index in [1.807, 2.05) is 30.3 Å². The SMILES string of the molecule is O=C(/C=C/c1ccccc1)OC[C@]12O[C@H]1[C@@H](O)C1C=CO[C@@H](O[C@@H]3O[C@H](CO)[C@@H](O)[C@H](O)[C@H]3O)C12. The topological polar surface area (TPSA) is 168 Å². The molecule has 3 aliphatic heterocycles. The van der Waals surface area contributed by atoms with Crippen molar-refractivity contribution < 1.29 is 54.0 Å². The number of ether oxygens (including phenoxy) is 5. The normalized spacial score (nSPS) is 43.9. The van der Waals surface area contributed by atoms with Gasteiger partial charge in [-0.3, -0.25) is 0 Å². The summed E-state index contributed by atoms with van der Waals surface area (Å²) in [5.41, 5.74) is -0.248. The van der Waals surface area contributed by atoms with Crippen molar-refractivity contribution in [2.45, 2.75) is 54.8 Å². The summed E-state index contributed by atoms with van der Waals surface area (Å²) in [5.74, 6) is -1.67. The highest BCUT2D eigenvalue weighted by Gasteiger charge is 2.76. The third-order valence-electron chi connectivity index (χ3n) is 7.03. The van der Waals surface area contributed by atoms with Gasteiger partial charge in [-0.15, -0.1) is 0 Å². The van der Waals surface area contributed by atoms with Gasteiger partial charge in [-0.25, -0.2) is 4.79 Å². The van der Waals surface area contributed by atoms with E-state index in [1.165, 1.54) is 12.3 Å². The van der Waals surface area contributed by atoms with Crippen LogP contribution in [0, 0.1) is 11.8 Å². The van der Waals surface area contributed by atoms with Crippen LogP contribution in [0.25, 0.3) is 6.08 Å². The van der Waals surface area contributed by atoms with Crippen molar-refractivity contribution >= 4 is 12.0 Å². The number of aliphatic hydroxyl groups excluding tert-OH is 5. The molecular formula is C24H28O11. The highest BCUT2D eigenvalue weighted by molar-refractivity contribution is 5.87. The molecule has 1 aromatic rings. The van der Waals surface area contributed by atoms with Gasteiger partial charge in [0.1, 0.15) is 42.7 Å². The maximum atomic E-state index is 12.3. The lowest BCUT2D eigenvalue weighted by Crippen LogP contribution is -2.60. The molecule has 1 aromatic carbocycles.